The van der Waals surface area contributed by atoms with Gasteiger partial charge in [0.25, 0.3) is 0 Å². The molecule has 0 radical (unpaired) electrons. The Labute approximate surface area is 97.6 Å². The first-order valence-electron chi connectivity index (χ1n) is 5.09. The normalized spacial score (nSPS) is 19.6. The van der Waals surface area contributed by atoms with Crippen LogP contribution in [0.4, 0.5) is 17.1 Å². The van der Waals surface area contributed by atoms with E-state index in [4.69, 9.17) is 17.2 Å². The predicted molar refractivity (Wildman–Crippen MR) is 62.7 cm³/mol. The molecule has 1 aliphatic heterocycles. The summed E-state index contributed by atoms with van der Waals surface area (Å²) in [7, 11) is 0. The third-order valence-corrected chi connectivity index (χ3v) is 2.77. The minimum Gasteiger partial charge on any atom is -0.396 e. The Hall–Kier alpha value is -2.31. The number of primary amides is 1. The van der Waals surface area contributed by atoms with E-state index in [0.717, 1.165) is 0 Å². The van der Waals surface area contributed by atoms with Gasteiger partial charge in [-0.25, -0.2) is 0 Å². The summed E-state index contributed by atoms with van der Waals surface area (Å²) in [5.41, 5.74) is 17.7. The zero-order valence-corrected chi connectivity index (χ0v) is 9.09. The minimum absolute atomic E-state index is 0.0938. The van der Waals surface area contributed by atoms with Crippen LogP contribution in [0.3, 0.4) is 0 Å². The number of nitrogens with two attached hydrogens (primary N) is 3. The van der Waals surface area contributed by atoms with Gasteiger partial charge in [-0.05, 0) is 0 Å². The molecule has 17 heavy (non-hydrogen) atoms. The molecule has 0 aliphatic carbocycles. The van der Waals surface area contributed by atoms with Crippen LogP contribution in [-0.4, -0.2) is 23.3 Å². The van der Waals surface area contributed by atoms with Gasteiger partial charge in [-0.15, -0.1) is 0 Å². The van der Waals surface area contributed by atoms with Crippen molar-refractivity contribution in [2.75, 3.05) is 22.9 Å². The summed E-state index contributed by atoms with van der Waals surface area (Å²) < 4.78 is 0. The Morgan fingerprint density at radius 3 is 2.41 bits per heavy atom. The molecular formula is C10H13N5O2. The van der Waals surface area contributed by atoms with E-state index in [-0.39, 0.29) is 18.9 Å². The van der Waals surface area contributed by atoms with Gasteiger partial charge in [-0.2, -0.15) is 0 Å². The molecule has 0 spiro atoms. The molecule has 1 aromatic heterocycles. The first-order valence-corrected chi connectivity index (χ1v) is 5.09. The quantitative estimate of drug-likeness (QED) is 0.610. The Balaban J connectivity index is 2.35. The third-order valence-electron chi connectivity index (χ3n) is 2.77. The van der Waals surface area contributed by atoms with Gasteiger partial charge in [0.05, 0.1) is 35.4 Å². The summed E-state index contributed by atoms with van der Waals surface area (Å²) in [6, 6.07) is 0. The van der Waals surface area contributed by atoms with Crippen LogP contribution in [0, 0.1) is 5.92 Å². The van der Waals surface area contributed by atoms with Crippen molar-refractivity contribution in [2.45, 2.75) is 6.42 Å². The molecule has 90 valence electrons. The second kappa shape index (κ2) is 3.93. The predicted octanol–water partition coefficient (Wildman–Crippen LogP) is -0.916. The Kier molecular flexibility index (Phi) is 2.58. The molecule has 2 rings (SSSR count). The maximum Gasteiger partial charge on any atom is 0.227 e. The Morgan fingerprint density at radius 1 is 1.35 bits per heavy atom. The SMILES string of the molecule is NC(=O)C1CC(=O)N(c2c(N)cncc2N)C1. The van der Waals surface area contributed by atoms with Crippen LogP contribution >= 0.6 is 0 Å². The number of nitrogen functional groups attached to an aromatic ring is 2. The summed E-state index contributed by atoms with van der Waals surface area (Å²) in [6.45, 7) is 0.215. The topological polar surface area (TPSA) is 128 Å². The molecule has 1 aliphatic rings. The number of rotatable bonds is 2. The van der Waals surface area contributed by atoms with Crippen LogP contribution in [0.5, 0.6) is 0 Å². The summed E-state index contributed by atoms with van der Waals surface area (Å²) in [5.74, 6) is -1.19. The number of nitrogens with zero attached hydrogens (tertiary/aromatic N) is 2. The van der Waals surface area contributed by atoms with Crippen molar-refractivity contribution >= 4 is 28.9 Å². The van der Waals surface area contributed by atoms with E-state index in [2.05, 4.69) is 4.98 Å². The summed E-state index contributed by atoms with van der Waals surface area (Å²) >= 11 is 0. The van der Waals surface area contributed by atoms with Crippen molar-refractivity contribution in [3.05, 3.63) is 12.4 Å². The van der Waals surface area contributed by atoms with Crippen LogP contribution in [0.2, 0.25) is 0 Å². The fraction of sp³-hybridized carbons (Fsp3) is 0.300. The van der Waals surface area contributed by atoms with Crippen molar-refractivity contribution in [1.29, 1.82) is 0 Å². The van der Waals surface area contributed by atoms with Gasteiger partial charge in [0.2, 0.25) is 11.8 Å². The van der Waals surface area contributed by atoms with E-state index in [0.29, 0.717) is 17.1 Å². The summed E-state index contributed by atoms with van der Waals surface area (Å²) in [4.78, 5) is 28.0. The number of anilines is 3. The van der Waals surface area contributed by atoms with E-state index in [1.807, 2.05) is 0 Å². The molecule has 2 amide bonds. The molecule has 1 fully saturated rings. The van der Waals surface area contributed by atoms with Crippen molar-refractivity contribution in [1.82, 2.24) is 4.98 Å². The molecular weight excluding hydrogens is 222 g/mol. The van der Waals surface area contributed by atoms with Crippen molar-refractivity contribution in [3.63, 3.8) is 0 Å². The van der Waals surface area contributed by atoms with E-state index in [9.17, 15) is 9.59 Å². The van der Waals surface area contributed by atoms with Crippen LogP contribution in [0.25, 0.3) is 0 Å². The maximum absolute atomic E-state index is 11.8. The zero-order chi connectivity index (χ0) is 12.6. The zero-order valence-electron chi connectivity index (χ0n) is 9.09. The highest BCUT2D eigenvalue weighted by Crippen LogP contribution is 2.33. The summed E-state index contributed by atoms with van der Waals surface area (Å²) in [6.07, 6.45) is 2.92. The smallest absolute Gasteiger partial charge is 0.227 e. The van der Waals surface area contributed by atoms with E-state index in [1.54, 1.807) is 0 Å². The standard InChI is InChI=1S/C10H13N5O2/c11-6-2-14-3-7(12)9(6)15-4-5(10(13)17)1-8(15)16/h2-3,5H,1,4,11-12H2,(H2,13,17). The van der Waals surface area contributed by atoms with Gasteiger partial charge >= 0.3 is 0 Å². The van der Waals surface area contributed by atoms with Crippen molar-refractivity contribution in [2.24, 2.45) is 11.7 Å². The highest BCUT2D eigenvalue weighted by molar-refractivity contribution is 6.04. The lowest BCUT2D eigenvalue weighted by atomic mass is 10.1. The molecule has 0 bridgehead atoms. The largest absolute Gasteiger partial charge is 0.396 e. The first-order chi connectivity index (χ1) is 8.00. The van der Waals surface area contributed by atoms with Gasteiger partial charge in [0, 0.05) is 13.0 Å². The van der Waals surface area contributed by atoms with E-state index < -0.39 is 11.8 Å². The Bertz CT molecular complexity index is 467. The number of carbonyl (C=O) groups excluding carboxylic acids is 2. The fourth-order valence-corrected chi connectivity index (χ4v) is 1.91. The average Bonchev–Trinajstić information content (AvgIpc) is 2.61. The number of pyridine rings is 1. The number of hydrogen-bond acceptors (Lipinski definition) is 5. The van der Waals surface area contributed by atoms with Gasteiger partial charge in [-0.1, -0.05) is 0 Å². The molecule has 0 saturated carbocycles. The lowest BCUT2D eigenvalue weighted by Gasteiger charge is -2.19. The fourth-order valence-electron chi connectivity index (χ4n) is 1.91. The van der Waals surface area contributed by atoms with E-state index >= 15 is 0 Å². The molecule has 0 aromatic carbocycles. The minimum atomic E-state index is -0.493. The maximum atomic E-state index is 11.8. The molecule has 1 aromatic rings. The van der Waals surface area contributed by atoms with E-state index in [1.165, 1.54) is 17.3 Å². The van der Waals surface area contributed by atoms with Crippen molar-refractivity contribution < 1.29 is 9.59 Å². The van der Waals surface area contributed by atoms with Crippen LogP contribution in [0.15, 0.2) is 12.4 Å². The number of hydrogen-bond donors (Lipinski definition) is 3. The van der Waals surface area contributed by atoms with Gasteiger partial charge < -0.3 is 22.1 Å². The second-order valence-electron chi connectivity index (χ2n) is 3.97. The molecule has 1 saturated heterocycles. The average molecular weight is 235 g/mol. The highest BCUT2D eigenvalue weighted by atomic mass is 16.2. The second-order valence-corrected chi connectivity index (χ2v) is 3.97. The molecule has 2 heterocycles. The lowest BCUT2D eigenvalue weighted by Crippen LogP contribution is -2.29. The molecule has 7 nitrogen and oxygen atoms in total. The molecule has 1 unspecified atom stereocenters. The Morgan fingerprint density at radius 2 is 1.94 bits per heavy atom. The van der Waals surface area contributed by atoms with Crippen LogP contribution < -0.4 is 22.1 Å². The van der Waals surface area contributed by atoms with Gasteiger partial charge in [0.15, 0.2) is 0 Å². The van der Waals surface area contributed by atoms with Crippen molar-refractivity contribution in [3.8, 4) is 0 Å². The van der Waals surface area contributed by atoms with Crippen LogP contribution in [0.1, 0.15) is 6.42 Å². The monoisotopic (exact) mass is 235 g/mol. The summed E-state index contributed by atoms with van der Waals surface area (Å²) in [5, 5.41) is 0. The number of carbonyl (C=O) groups is 2. The number of aromatic nitrogens is 1. The lowest BCUT2D eigenvalue weighted by molar-refractivity contribution is -0.123. The first kappa shape index (κ1) is 11.2. The number of amides is 2. The molecule has 1 atom stereocenters. The molecule has 7 heteroatoms. The highest BCUT2D eigenvalue weighted by Gasteiger charge is 2.35. The van der Waals surface area contributed by atoms with Crippen LogP contribution in [-0.2, 0) is 9.59 Å². The van der Waals surface area contributed by atoms with Gasteiger partial charge in [-0.3, -0.25) is 14.6 Å². The third kappa shape index (κ3) is 1.86. The van der Waals surface area contributed by atoms with Gasteiger partial charge in [0.1, 0.15) is 0 Å². The molecule has 6 N–H and O–H groups in total.